The second-order valence-electron chi connectivity index (χ2n) is 5.30. The summed E-state index contributed by atoms with van der Waals surface area (Å²) in [5, 5.41) is 9.34. The monoisotopic (exact) mass is 267 g/mol. The Morgan fingerprint density at radius 1 is 1.35 bits per heavy atom. The number of aromatic amines is 1. The minimum absolute atomic E-state index is 0.421. The van der Waals surface area contributed by atoms with Gasteiger partial charge in [-0.25, -0.2) is 4.98 Å². The van der Waals surface area contributed by atoms with Gasteiger partial charge in [-0.2, -0.15) is 5.26 Å². The van der Waals surface area contributed by atoms with Crippen molar-refractivity contribution >= 4 is 0 Å². The Hall–Kier alpha value is -2.12. The first-order valence-corrected chi connectivity index (χ1v) is 6.84. The molecule has 4 heteroatoms. The van der Waals surface area contributed by atoms with Crippen molar-refractivity contribution in [3.63, 3.8) is 0 Å². The van der Waals surface area contributed by atoms with Crippen LogP contribution in [0.5, 0.6) is 0 Å². The van der Waals surface area contributed by atoms with Crippen molar-refractivity contribution in [2.24, 2.45) is 0 Å². The summed E-state index contributed by atoms with van der Waals surface area (Å²) in [6.45, 7) is 4.97. The number of H-pyrrole nitrogens is 1. The predicted octanol–water partition coefficient (Wildman–Crippen LogP) is 2.74. The van der Waals surface area contributed by atoms with Crippen LogP contribution in [0.25, 0.3) is 11.3 Å². The minimum atomic E-state index is -0.591. The first kappa shape index (κ1) is 12.9. The Morgan fingerprint density at radius 3 is 2.55 bits per heavy atom. The van der Waals surface area contributed by atoms with Crippen LogP contribution >= 0.6 is 0 Å². The van der Waals surface area contributed by atoms with E-state index in [1.54, 1.807) is 0 Å². The Balaban J connectivity index is 1.98. The molecule has 2 aromatic rings. The zero-order valence-corrected chi connectivity index (χ0v) is 11.7. The Labute approximate surface area is 118 Å². The lowest BCUT2D eigenvalue weighted by molar-refractivity contribution is -0.0335. The lowest BCUT2D eigenvalue weighted by Gasteiger charge is -2.32. The molecule has 0 bridgehead atoms. The van der Waals surface area contributed by atoms with Crippen LogP contribution in [0, 0.1) is 18.3 Å². The van der Waals surface area contributed by atoms with E-state index in [0.717, 1.165) is 29.2 Å². The van der Waals surface area contributed by atoms with E-state index in [4.69, 9.17) is 4.74 Å². The van der Waals surface area contributed by atoms with Gasteiger partial charge in [0.2, 0.25) is 0 Å². The molecule has 20 heavy (non-hydrogen) atoms. The number of imidazole rings is 1. The molecule has 0 aliphatic carbocycles. The van der Waals surface area contributed by atoms with Crippen molar-refractivity contribution in [2.75, 3.05) is 13.2 Å². The van der Waals surface area contributed by atoms with Gasteiger partial charge in [0.25, 0.3) is 0 Å². The lowest BCUT2D eigenvalue weighted by atomic mass is 9.87. The first-order valence-electron chi connectivity index (χ1n) is 6.84. The van der Waals surface area contributed by atoms with E-state index in [9.17, 15) is 5.26 Å². The van der Waals surface area contributed by atoms with E-state index in [1.807, 2.05) is 6.92 Å². The molecule has 0 atom stereocenters. The highest BCUT2D eigenvalue weighted by atomic mass is 16.5. The second kappa shape index (κ2) is 4.77. The summed E-state index contributed by atoms with van der Waals surface area (Å²) in [6, 6.07) is 10.7. The van der Waals surface area contributed by atoms with Gasteiger partial charge in [0.15, 0.2) is 5.41 Å². The molecule has 1 fully saturated rings. The quantitative estimate of drug-likeness (QED) is 0.930. The van der Waals surface area contributed by atoms with E-state index >= 15 is 0 Å². The van der Waals surface area contributed by atoms with Crippen LogP contribution in [0.3, 0.4) is 0 Å². The number of hydrogen-bond donors (Lipinski definition) is 1. The fraction of sp³-hybridized carbons (Fsp3) is 0.375. The molecule has 1 N–H and O–H groups in total. The maximum absolute atomic E-state index is 9.34. The molecule has 1 aliphatic heterocycles. The molecule has 0 spiro atoms. The summed E-state index contributed by atoms with van der Waals surface area (Å²) in [4.78, 5) is 7.89. The molecule has 0 amide bonds. The van der Waals surface area contributed by atoms with E-state index in [-0.39, 0.29) is 0 Å². The third kappa shape index (κ3) is 1.91. The highest BCUT2D eigenvalue weighted by Gasteiger charge is 2.44. The standard InChI is InChI=1S/C16H17N3O/c1-3-12-4-6-13(7-5-12)14-11(2)18-15(19-14)16(8-17)9-20-10-16/h4-7H,3,9-10H2,1-2H3,(H,18,19). The lowest BCUT2D eigenvalue weighted by Crippen LogP contribution is -2.46. The van der Waals surface area contributed by atoms with Gasteiger partial charge >= 0.3 is 0 Å². The molecule has 1 saturated heterocycles. The van der Waals surface area contributed by atoms with Crippen molar-refractivity contribution < 1.29 is 4.74 Å². The minimum Gasteiger partial charge on any atom is -0.377 e. The van der Waals surface area contributed by atoms with Gasteiger partial charge in [-0.3, -0.25) is 0 Å². The molecule has 0 radical (unpaired) electrons. The summed E-state index contributed by atoms with van der Waals surface area (Å²) >= 11 is 0. The number of ether oxygens (including phenoxy) is 1. The molecular weight excluding hydrogens is 250 g/mol. The SMILES string of the molecule is CCc1ccc(-c2nc(C3(C#N)COC3)[nH]c2C)cc1. The van der Waals surface area contributed by atoms with Gasteiger partial charge in [0.1, 0.15) is 5.82 Å². The average Bonchev–Trinajstić information content (AvgIpc) is 2.81. The average molecular weight is 267 g/mol. The number of benzene rings is 1. The number of rotatable bonds is 3. The van der Waals surface area contributed by atoms with Crippen LogP contribution in [0.4, 0.5) is 0 Å². The molecule has 0 unspecified atom stereocenters. The molecule has 1 aliphatic rings. The van der Waals surface area contributed by atoms with Crippen molar-refractivity contribution in [1.82, 2.24) is 9.97 Å². The number of nitriles is 1. The van der Waals surface area contributed by atoms with Gasteiger partial charge in [0.05, 0.1) is 25.0 Å². The Kier molecular flexibility index (Phi) is 3.07. The number of nitrogens with zero attached hydrogens (tertiary/aromatic N) is 2. The summed E-state index contributed by atoms with van der Waals surface area (Å²) in [5.41, 5.74) is 3.71. The zero-order valence-electron chi connectivity index (χ0n) is 11.7. The first-order chi connectivity index (χ1) is 9.68. The Bertz CT molecular complexity index is 660. The van der Waals surface area contributed by atoms with Gasteiger partial charge in [-0.05, 0) is 18.9 Å². The van der Waals surface area contributed by atoms with Crippen LogP contribution in [-0.2, 0) is 16.6 Å². The summed E-state index contributed by atoms with van der Waals surface area (Å²) in [5.74, 6) is 0.721. The van der Waals surface area contributed by atoms with Crippen molar-refractivity contribution in [2.45, 2.75) is 25.7 Å². The summed E-state index contributed by atoms with van der Waals surface area (Å²) in [6.07, 6.45) is 1.03. The van der Waals surface area contributed by atoms with E-state index < -0.39 is 5.41 Å². The van der Waals surface area contributed by atoms with Crippen LogP contribution in [0.1, 0.15) is 24.0 Å². The highest BCUT2D eigenvalue weighted by molar-refractivity contribution is 5.62. The van der Waals surface area contributed by atoms with Crippen molar-refractivity contribution in [3.05, 3.63) is 41.3 Å². The van der Waals surface area contributed by atoms with E-state index in [1.165, 1.54) is 5.56 Å². The number of aryl methyl sites for hydroxylation is 2. The molecule has 1 aromatic carbocycles. The smallest absolute Gasteiger partial charge is 0.161 e. The molecule has 0 saturated carbocycles. The topological polar surface area (TPSA) is 61.7 Å². The third-order valence-corrected chi connectivity index (χ3v) is 3.88. The summed E-state index contributed by atoms with van der Waals surface area (Å²) < 4.78 is 5.19. The van der Waals surface area contributed by atoms with Crippen LogP contribution in [0.15, 0.2) is 24.3 Å². The molecular formula is C16H17N3O. The van der Waals surface area contributed by atoms with Gasteiger partial charge < -0.3 is 9.72 Å². The van der Waals surface area contributed by atoms with Gasteiger partial charge in [-0.15, -0.1) is 0 Å². The van der Waals surface area contributed by atoms with E-state index in [0.29, 0.717) is 13.2 Å². The summed E-state index contributed by atoms with van der Waals surface area (Å²) in [7, 11) is 0. The largest absolute Gasteiger partial charge is 0.377 e. The van der Waals surface area contributed by atoms with Crippen LogP contribution in [-0.4, -0.2) is 23.2 Å². The zero-order chi connectivity index (χ0) is 14.2. The fourth-order valence-corrected chi connectivity index (χ4v) is 2.43. The molecule has 102 valence electrons. The van der Waals surface area contributed by atoms with Crippen LogP contribution < -0.4 is 0 Å². The van der Waals surface area contributed by atoms with Crippen LogP contribution in [0.2, 0.25) is 0 Å². The molecule has 2 heterocycles. The number of hydrogen-bond acceptors (Lipinski definition) is 3. The predicted molar refractivity (Wildman–Crippen MR) is 76.2 cm³/mol. The number of nitrogens with one attached hydrogen (secondary N) is 1. The second-order valence-corrected chi connectivity index (χ2v) is 5.30. The fourth-order valence-electron chi connectivity index (χ4n) is 2.43. The van der Waals surface area contributed by atoms with E-state index in [2.05, 4.69) is 47.2 Å². The molecule has 4 nitrogen and oxygen atoms in total. The van der Waals surface area contributed by atoms with Gasteiger partial charge in [0, 0.05) is 11.3 Å². The van der Waals surface area contributed by atoms with Gasteiger partial charge in [-0.1, -0.05) is 31.2 Å². The Morgan fingerprint density at radius 2 is 2.05 bits per heavy atom. The molecule has 1 aromatic heterocycles. The van der Waals surface area contributed by atoms with Crippen molar-refractivity contribution in [3.8, 4) is 17.3 Å². The number of aromatic nitrogens is 2. The highest BCUT2D eigenvalue weighted by Crippen LogP contribution is 2.32. The molecule has 3 rings (SSSR count). The third-order valence-electron chi connectivity index (χ3n) is 3.88. The maximum atomic E-state index is 9.34. The maximum Gasteiger partial charge on any atom is 0.161 e. The normalized spacial score (nSPS) is 16.4. The van der Waals surface area contributed by atoms with Crippen molar-refractivity contribution in [1.29, 1.82) is 5.26 Å².